The number of hydrogen-bond donors (Lipinski definition) is 2. The Morgan fingerprint density at radius 2 is 0.690 bits per heavy atom. The van der Waals surface area contributed by atoms with Gasteiger partial charge in [0.1, 0.15) is 0 Å². The Balaban J connectivity index is -0.0000000881. The van der Waals surface area contributed by atoms with Crippen LogP contribution in [0.1, 0.15) is 0 Å². The van der Waals surface area contributed by atoms with Crippen LogP contribution in [0.15, 0.2) is 0 Å². The number of halogens is 6. The maximum absolute atomic E-state index is 10.7. The molecule has 29 heavy (non-hydrogen) atoms. The molecule has 0 fully saturated rings. The summed E-state index contributed by atoms with van der Waals surface area (Å²) in [7, 11) is -5.07. The van der Waals surface area contributed by atoms with Crippen molar-refractivity contribution in [1.29, 1.82) is 0 Å². The van der Waals surface area contributed by atoms with Gasteiger partial charge in [-0.15, -0.1) is 0 Å². The summed E-state index contributed by atoms with van der Waals surface area (Å²) in [6.45, 7) is 2.76. The molecule has 0 aliphatic carbocycles. The van der Waals surface area contributed by atoms with Crippen LogP contribution < -0.4 is 0 Å². The molecule has 0 heterocycles. The Bertz CT molecular complexity index is 492. The van der Waals surface area contributed by atoms with Gasteiger partial charge < -0.3 is 18.9 Å². The molecule has 0 aromatic heterocycles. The summed E-state index contributed by atoms with van der Waals surface area (Å²) in [4.78, 5) is 0. The zero-order chi connectivity index (χ0) is 23.7. The van der Waals surface area contributed by atoms with Crippen molar-refractivity contribution < 1.29 is 112 Å². The van der Waals surface area contributed by atoms with Crippen molar-refractivity contribution in [2.24, 2.45) is 0 Å². The van der Waals surface area contributed by atoms with E-state index in [1.165, 1.54) is 0 Å². The van der Waals surface area contributed by atoms with Crippen molar-refractivity contribution in [2.45, 2.75) is 11.0 Å². The van der Waals surface area contributed by atoms with Gasteiger partial charge in [-0.1, -0.05) is 0 Å². The summed E-state index contributed by atoms with van der Waals surface area (Å²) >= 11 is 0. The van der Waals surface area contributed by atoms with E-state index in [1.807, 2.05) is 0 Å². The van der Waals surface area contributed by atoms with Gasteiger partial charge >= 0.3 is 31.3 Å². The molecule has 0 bridgehead atoms. The average molecular weight is 631 g/mol. The van der Waals surface area contributed by atoms with Crippen molar-refractivity contribution in [3.63, 3.8) is 0 Å². The molecule has 0 aromatic rings. The van der Waals surface area contributed by atoms with Crippen molar-refractivity contribution in [3.05, 3.63) is 0 Å². The second-order valence-corrected chi connectivity index (χ2v) is 6.64. The third-order valence-electron chi connectivity index (χ3n) is 1.57. The van der Waals surface area contributed by atoms with Gasteiger partial charge in [0.25, 0.3) is 0 Å². The van der Waals surface area contributed by atoms with Crippen LogP contribution in [-0.4, -0.2) is 91.8 Å². The van der Waals surface area contributed by atoms with Gasteiger partial charge in [-0.25, -0.2) is 0 Å². The van der Waals surface area contributed by atoms with E-state index in [9.17, 15) is 26.3 Å². The molecule has 0 amide bonds. The Morgan fingerprint density at radius 1 is 0.586 bits per heavy atom. The molecule has 10 nitrogen and oxygen atoms in total. The number of alkyl halides is 6. The smallest absolute Gasteiger partial charge is 0.382 e. The van der Waals surface area contributed by atoms with Crippen LogP contribution in [0.3, 0.4) is 0 Å². The van der Waals surface area contributed by atoms with E-state index < -0.39 is 31.3 Å². The molecular weight excluding hydrogens is 609 g/mol. The normalized spacial score (nSPS) is 11.4. The first-order chi connectivity index (χ1) is 12.3. The van der Waals surface area contributed by atoms with E-state index in [0.717, 1.165) is 0 Å². The molecule has 0 aromatic carbocycles. The fourth-order valence-electron chi connectivity index (χ4n) is 0.333. The summed E-state index contributed by atoms with van der Waals surface area (Å²) in [5.41, 5.74) is -11.1. The van der Waals surface area contributed by atoms with Crippen LogP contribution >= 0.6 is 0 Å². The third-order valence-corrected chi connectivity index (χ3v) is 2.74. The summed E-state index contributed by atoms with van der Waals surface area (Å²) in [5, 5.41) is 0. The number of methoxy groups -OCH3 is 4. The maximum Gasteiger partial charge on any atom is 0.522 e. The summed E-state index contributed by atoms with van der Waals surface area (Å²) in [5.74, 6) is 0. The standard InChI is InChI=1S/2C4H10O2.2CHF3O3S.Sm/c2*1-5-3-4-6-2;2*2-1(3,4)8(5,6)7;/h2*3-4H2,1-2H3;2*(H,5,6,7);. The number of rotatable bonds is 6. The van der Waals surface area contributed by atoms with Gasteiger partial charge in [-0.05, 0) is 0 Å². The maximum atomic E-state index is 10.7. The summed E-state index contributed by atoms with van der Waals surface area (Å²) in [6.07, 6.45) is 0. The molecule has 0 rings (SSSR count). The van der Waals surface area contributed by atoms with E-state index >= 15 is 0 Å². The van der Waals surface area contributed by atoms with Gasteiger partial charge in [0.15, 0.2) is 0 Å². The SMILES string of the molecule is COCCOC.COCCOC.O=S(=O)(O)C(F)(F)F.O=S(=O)(O)C(F)(F)F.[Sm]. The van der Waals surface area contributed by atoms with Crippen LogP contribution in [0.4, 0.5) is 26.3 Å². The Morgan fingerprint density at radius 3 is 0.724 bits per heavy atom. The first-order valence-electron chi connectivity index (χ1n) is 6.36. The molecule has 0 aliphatic heterocycles. The molecule has 0 spiro atoms. The molecule has 0 aliphatic rings. The van der Waals surface area contributed by atoms with Crippen molar-refractivity contribution in [2.75, 3.05) is 54.9 Å². The van der Waals surface area contributed by atoms with Crippen molar-refractivity contribution in [3.8, 4) is 0 Å². The minimum absolute atomic E-state index is 0. The van der Waals surface area contributed by atoms with Crippen molar-refractivity contribution >= 4 is 20.2 Å². The first-order valence-corrected chi connectivity index (χ1v) is 9.24. The van der Waals surface area contributed by atoms with E-state index in [1.54, 1.807) is 28.4 Å². The number of ether oxygens (including phenoxy) is 4. The molecule has 0 unspecified atom stereocenters. The zero-order valence-electron chi connectivity index (χ0n) is 15.5. The molecule has 0 atom stereocenters. The zero-order valence-corrected chi connectivity index (χ0v) is 19.7. The van der Waals surface area contributed by atoms with Crippen LogP contribution in [0, 0.1) is 40.4 Å². The molecule has 0 saturated heterocycles. The van der Waals surface area contributed by atoms with E-state index in [0.29, 0.717) is 26.4 Å². The summed E-state index contributed by atoms with van der Waals surface area (Å²) in [6, 6.07) is 0. The topological polar surface area (TPSA) is 146 Å². The minimum atomic E-state index is -5.84. The molecule has 19 heteroatoms. The third kappa shape index (κ3) is 33.4. The Hall–Kier alpha value is 0.578. The average Bonchev–Trinajstić information content (AvgIpc) is 2.49. The Labute approximate surface area is 196 Å². The minimum Gasteiger partial charge on any atom is -0.382 e. The monoisotopic (exact) mass is 632 g/mol. The number of hydrogen-bond acceptors (Lipinski definition) is 8. The Kier molecular flexibility index (Phi) is 28.2. The predicted octanol–water partition coefficient (Wildman–Crippen LogP) is 1.35. The van der Waals surface area contributed by atoms with Gasteiger partial charge in [0, 0.05) is 68.8 Å². The van der Waals surface area contributed by atoms with Crippen LogP contribution in [0.5, 0.6) is 0 Å². The van der Waals surface area contributed by atoms with E-state index in [4.69, 9.17) is 25.9 Å². The van der Waals surface area contributed by atoms with E-state index in [-0.39, 0.29) is 40.4 Å². The summed E-state index contributed by atoms with van der Waals surface area (Å²) < 4.78 is 134. The molecular formula is C10H22F6O10S2Sm. The fourth-order valence-corrected chi connectivity index (χ4v) is 0.333. The first kappa shape index (κ1) is 40.0. The van der Waals surface area contributed by atoms with Crippen LogP contribution in [0.2, 0.25) is 0 Å². The quantitative estimate of drug-likeness (QED) is 0.191. The second-order valence-electron chi connectivity index (χ2n) is 3.81. The van der Waals surface area contributed by atoms with Gasteiger partial charge in [0.05, 0.1) is 26.4 Å². The second kappa shape index (κ2) is 20.5. The van der Waals surface area contributed by atoms with Gasteiger partial charge in [0.2, 0.25) is 0 Å². The van der Waals surface area contributed by atoms with Gasteiger partial charge in [-0.2, -0.15) is 43.2 Å². The molecule has 0 radical (unpaired) electrons. The molecule has 182 valence electrons. The molecule has 0 saturated carbocycles. The van der Waals surface area contributed by atoms with Gasteiger partial charge in [-0.3, -0.25) is 9.11 Å². The predicted molar refractivity (Wildman–Crippen MR) is 82.7 cm³/mol. The fraction of sp³-hybridized carbons (Fsp3) is 1.00. The largest absolute Gasteiger partial charge is 0.522 e. The van der Waals surface area contributed by atoms with Crippen molar-refractivity contribution in [1.82, 2.24) is 0 Å². The van der Waals surface area contributed by atoms with Crippen LogP contribution in [0.25, 0.3) is 0 Å². The molecule has 2 N–H and O–H groups in total. The van der Waals surface area contributed by atoms with E-state index in [2.05, 4.69) is 18.9 Å². The van der Waals surface area contributed by atoms with Crippen LogP contribution in [-0.2, 0) is 39.2 Å².